The van der Waals surface area contributed by atoms with Gasteiger partial charge in [0.25, 0.3) is 0 Å². The Hall–Kier alpha value is -2.91. The van der Waals surface area contributed by atoms with Gasteiger partial charge in [-0.2, -0.15) is 18.2 Å². The third-order valence-electron chi connectivity index (χ3n) is 5.42. The summed E-state index contributed by atoms with van der Waals surface area (Å²) in [6.07, 6.45) is -4.47. The van der Waals surface area contributed by atoms with Crippen LogP contribution in [0.3, 0.4) is 0 Å². The Morgan fingerprint density at radius 2 is 1.77 bits per heavy atom. The van der Waals surface area contributed by atoms with Crippen molar-refractivity contribution >= 4 is 5.69 Å². The summed E-state index contributed by atoms with van der Waals surface area (Å²) >= 11 is 0. The number of hydrogen-bond acceptors (Lipinski definition) is 6. The van der Waals surface area contributed by atoms with Crippen molar-refractivity contribution in [3.63, 3.8) is 0 Å². The van der Waals surface area contributed by atoms with Crippen LogP contribution >= 0.6 is 0 Å². The fourth-order valence-corrected chi connectivity index (χ4v) is 3.74. The first-order valence-corrected chi connectivity index (χ1v) is 9.90. The number of likely N-dealkylation sites (tertiary alicyclic amines) is 1. The number of aliphatic hydroxyl groups excluding tert-OH is 1. The van der Waals surface area contributed by atoms with Crippen molar-refractivity contribution in [2.24, 2.45) is 0 Å². The van der Waals surface area contributed by atoms with Crippen LogP contribution in [-0.4, -0.2) is 46.9 Å². The van der Waals surface area contributed by atoms with Crippen molar-refractivity contribution in [2.75, 3.05) is 25.5 Å². The maximum atomic E-state index is 12.8. The van der Waals surface area contributed by atoms with E-state index >= 15 is 0 Å². The molecule has 0 amide bonds. The number of anilines is 1. The number of hydrogen-bond donors (Lipinski definition) is 1. The molecule has 9 heteroatoms. The molecule has 0 aliphatic carbocycles. The molecule has 164 valence electrons. The standard InChI is InChI=1S/C22H23F3N4O2/c1-28(2)17-9-3-14(4-10-17)12-29-13-18(30)11-19(29)21-26-20(27-31-21)15-5-7-16(8-6-15)22(23,24)25/h3-10,18-19,30H,11-13H2,1-2H3. The van der Waals surface area contributed by atoms with Crippen LogP contribution in [0.1, 0.15) is 29.5 Å². The summed E-state index contributed by atoms with van der Waals surface area (Å²) in [6.45, 7) is 1.07. The molecule has 2 aromatic carbocycles. The molecule has 2 heterocycles. The highest BCUT2D eigenvalue weighted by Gasteiger charge is 2.36. The third kappa shape index (κ3) is 4.72. The second-order valence-electron chi connectivity index (χ2n) is 7.93. The van der Waals surface area contributed by atoms with Crippen molar-refractivity contribution < 1.29 is 22.8 Å². The van der Waals surface area contributed by atoms with Gasteiger partial charge in [0, 0.05) is 38.4 Å². The monoisotopic (exact) mass is 432 g/mol. The Kier molecular flexibility index (Phi) is 5.72. The predicted molar refractivity (Wildman–Crippen MR) is 109 cm³/mol. The van der Waals surface area contributed by atoms with Crippen LogP contribution in [0.4, 0.5) is 18.9 Å². The van der Waals surface area contributed by atoms with Gasteiger partial charge in [-0.1, -0.05) is 29.4 Å². The minimum atomic E-state index is -4.40. The van der Waals surface area contributed by atoms with Crippen molar-refractivity contribution in [3.05, 3.63) is 65.5 Å². The second kappa shape index (κ2) is 8.32. The maximum Gasteiger partial charge on any atom is 0.416 e. The predicted octanol–water partition coefficient (Wildman–Crippen LogP) is 4.13. The number of nitrogens with zero attached hydrogens (tertiary/aromatic N) is 4. The molecule has 0 spiro atoms. The number of rotatable bonds is 5. The first-order chi connectivity index (χ1) is 14.7. The summed E-state index contributed by atoms with van der Waals surface area (Å²) in [6, 6.07) is 12.5. The van der Waals surface area contributed by atoms with E-state index in [1.807, 2.05) is 43.3 Å². The van der Waals surface area contributed by atoms with Crippen LogP contribution in [0.15, 0.2) is 53.1 Å². The molecule has 1 aromatic heterocycles. The van der Waals surface area contributed by atoms with E-state index in [-0.39, 0.29) is 11.9 Å². The Labute approximate surface area is 177 Å². The smallest absolute Gasteiger partial charge is 0.392 e. The average Bonchev–Trinajstić information content (AvgIpc) is 3.34. The Morgan fingerprint density at radius 1 is 1.10 bits per heavy atom. The first-order valence-electron chi connectivity index (χ1n) is 9.90. The minimum Gasteiger partial charge on any atom is -0.392 e. The third-order valence-corrected chi connectivity index (χ3v) is 5.42. The van der Waals surface area contributed by atoms with Gasteiger partial charge in [-0.3, -0.25) is 4.90 Å². The SMILES string of the molecule is CN(C)c1ccc(CN2CC(O)CC2c2nc(-c3ccc(C(F)(F)F)cc3)no2)cc1. The highest BCUT2D eigenvalue weighted by Crippen LogP contribution is 2.34. The zero-order valence-corrected chi connectivity index (χ0v) is 17.2. The summed E-state index contributed by atoms with van der Waals surface area (Å²) in [5.74, 6) is 0.566. The molecule has 2 unspecified atom stereocenters. The summed E-state index contributed by atoms with van der Waals surface area (Å²) in [4.78, 5) is 8.49. The number of aromatic nitrogens is 2. The van der Waals surface area contributed by atoms with Crippen molar-refractivity contribution in [2.45, 2.75) is 31.3 Å². The lowest BCUT2D eigenvalue weighted by Crippen LogP contribution is -2.24. The molecule has 4 rings (SSSR count). The van der Waals surface area contributed by atoms with Crippen LogP contribution in [0.2, 0.25) is 0 Å². The van der Waals surface area contributed by atoms with Crippen LogP contribution < -0.4 is 4.90 Å². The fourth-order valence-electron chi connectivity index (χ4n) is 3.74. The number of benzene rings is 2. The van der Waals surface area contributed by atoms with E-state index in [1.54, 1.807) is 0 Å². The van der Waals surface area contributed by atoms with Gasteiger partial charge in [0.15, 0.2) is 0 Å². The molecule has 1 saturated heterocycles. The Bertz CT molecular complexity index is 1020. The van der Waals surface area contributed by atoms with Gasteiger partial charge in [-0.05, 0) is 36.2 Å². The van der Waals surface area contributed by atoms with Crippen LogP contribution in [0.25, 0.3) is 11.4 Å². The summed E-state index contributed by atoms with van der Waals surface area (Å²) < 4.78 is 43.7. The Morgan fingerprint density at radius 3 is 2.39 bits per heavy atom. The van der Waals surface area contributed by atoms with Gasteiger partial charge in [0.1, 0.15) is 0 Å². The molecule has 6 nitrogen and oxygen atoms in total. The molecule has 1 N–H and O–H groups in total. The van der Waals surface area contributed by atoms with Crippen molar-refractivity contribution in [1.82, 2.24) is 15.0 Å². The number of halogens is 3. The molecule has 1 fully saturated rings. The molecule has 2 atom stereocenters. The minimum absolute atomic E-state index is 0.223. The fraction of sp³-hybridized carbons (Fsp3) is 0.364. The lowest BCUT2D eigenvalue weighted by atomic mass is 10.1. The first kappa shape index (κ1) is 21.3. The van der Waals surface area contributed by atoms with Crippen LogP contribution in [-0.2, 0) is 12.7 Å². The normalized spacial score (nSPS) is 19.7. The highest BCUT2D eigenvalue weighted by molar-refractivity contribution is 5.55. The summed E-state index contributed by atoms with van der Waals surface area (Å²) in [5, 5.41) is 14.2. The number of aliphatic hydroxyl groups is 1. The van der Waals surface area contributed by atoms with Crippen LogP contribution in [0, 0.1) is 0 Å². The molecular formula is C22H23F3N4O2. The zero-order valence-electron chi connectivity index (χ0n) is 17.2. The highest BCUT2D eigenvalue weighted by atomic mass is 19.4. The number of β-amino-alcohol motifs (C(OH)–C–C–N with tert-alkyl or cyclic N) is 1. The molecular weight excluding hydrogens is 409 g/mol. The molecule has 3 aromatic rings. The summed E-state index contributed by atoms with van der Waals surface area (Å²) in [5.41, 5.74) is 1.89. The molecule has 1 aliphatic heterocycles. The summed E-state index contributed by atoms with van der Waals surface area (Å²) in [7, 11) is 3.96. The van der Waals surface area contributed by atoms with E-state index in [9.17, 15) is 18.3 Å². The molecule has 1 aliphatic rings. The lowest BCUT2D eigenvalue weighted by molar-refractivity contribution is -0.137. The Balaban J connectivity index is 1.51. The van der Waals surface area contributed by atoms with Gasteiger partial charge in [0.05, 0.1) is 17.7 Å². The van der Waals surface area contributed by atoms with E-state index in [1.165, 1.54) is 12.1 Å². The molecule has 0 saturated carbocycles. The van der Waals surface area contributed by atoms with E-state index in [0.717, 1.165) is 23.4 Å². The molecule has 0 radical (unpaired) electrons. The van der Waals surface area contributed by atoms with Gasteiger partial charge in [0.2, 0.25) is 11.7 Å². The van der Waals surface area contributed by atoms with E-state index in [0.29, 0.717) is 31.0 Å². The lowest BCUT2D eigenvalue weighted by Gasteiger charge is -2.21. The second-order valence-corrected chi connectivity index (χ2v) is 7.93. The van der Waals surface area contributed by atoms with Crippen molar-refractivity contribution in [3.8, 4) is 11.4 Å². The van der Waals surface area contributed by atoms with E-state index in [4.69, 9.17) is 4.52 Å². The quantitative estimate of drug-likeness (QED) is 0.654. The van der Waals surface area contributed by atoms with Crippen molar-refractivity contribution in [1.29, 1.82) is 0 Å². The van der Waals surface area contributed by atoms with Gasteiger partial charge < -0.3 is 14.5 Å². The van der Waals surface area contributed by atoms with Gasteiger partial charge >= 0.3 is 6.18 Å². The number of alkyl halides is 3. The molecule has 0 bridgehead atoms. The maximum absolute atomic E-state index is 12.8. The molecule has 31 heavy (non-hydrogen) atoms. The van der Waals surface area contributed by atoms with E-state index in [2.05, 4.69) is 15.0 Å². The van der Waals surface area contributed by atoms with E-state index < -0.39 is 17.8 Å². The van der Waals surface area contributed by atoms with Gasteiger partial charge in [-0.25, -0.2) is 0 Å². The zero-order chi connectivity index (χ0) is 22.2. The average molecular weight is 432 g/mol. The van der Waals surface area contributed by atoms with Crippen LogP contribution in [0.5, 0.6) is 0 Å². The largest absolute Gasteiger partial charge is 0.416 e. The topological polar surface area (TPSA) is 65.6 Å². The van der Waals surface area contributed by atoms with Gasteiger partial charge in [-0.15, -0.1) is 0 Å².